The van der Waals surface area contributed by atoms with Crippen molar-refractivity contribution in [2.24, 2.45) is 11.3 Å². The second-order valence-electron chi connectivity index (χ2n) is 5.97. The molecule has 1 heterocycles. The molecule has 0 aromatic carbocycles. The minimum absolute atomic E-state index is 0.0651. The summed E-state index contributed by atoms with van der Waals surface area (Å²) < 4.78 is 0. The monoisotopic (exact) mass is 253 g/mol. The van der Waals surface area contributed by atoms with Gasteiger partial charge in [0.2, 0.25) is 5.91 Å². The quantitative estimate of drug-likeness (QED) is 0.756. The fraction of sp³-hybridized carbons (Fsp3) is 0.846. The number of carboxylic acid groups (broad SMARTS) is 1. The number of carboxylic acids is 1. The molecule has 3 aliphatic rings. The van der Waals surface area contributed by atoms with Gasteiger partial charge >= 0.3 is 5.97 Å². The molecule has 1 aliphatic heterocycles. The summed E-state index contributed by atoms with van der Waals surface area (Å²) in [5, 5.41) is 18.7. The van der Waals surface area contributed by atoms with Crippen molar-refractivity contribution in [2.45, 2.75) is 50.7 Å². The number of aliphatic hydroxyl groups excluding tert-OH is 1. The fourth-order valence-corrected chi connectivity index (χ4v) is 3.92. The molecule has 2 aliphatic carbocycles. The van der Waals surface area contributed by atoms with Crippen LogP contribution in [0.2, 0.25) is 0 Å². The number of aliphatic hydroxyl groups is 1. The van der Waals surface area contributed by atoms with Crippen LogP contribution in [0.4, 0.5) is 0 Å². The van der Waals surface area contributed by atoms with Gasteiger partial charge in [0.15, 0.2) is 0 Å². The van der Waals surface area contributed by atoms with Crippen LogP contribution in [0.5, 0.6) is 0 Å². The van der Waals surface area contributed by atoms with Crippen molar-refractivity contribution in [3.63, 3.8) is 0 Å². The summed E-state index contributed by atoms with van der Waals surface area (Å²) in [6.07, 6.45) is 3.75. The number of likely N-dealkylation sites (tertiary alicyclic amines) is 1. The first-order chi connectivity index (χ1) is 8.54. The van der Waals surface area contributed by atoms with Crippen LogP contribution in [0.25, 0.3) is 0 Å². The van der Waals surface area contributed by atoms with Gasteiger partial charge in [-0.15, -0.1) is 0 Å². The molecule has 0 bridgehead atoms. The molecule has 5 nitrogen and oxygen atoms in total. The van der Waals surface area contributed by atoms with Crippen LogP contribution in [-0.4, -0.2) is 45.7 Å². The highest BCUT2D eigenvalue weighted by Crippen LogP contribution is 2.50. The number of aliphatic carboxylic acids is 1. The molecule has 0 spiro atoms. The Morgan fingerprint density at radius 1 is 1.22 bits per heavy atom. The Balaban J connectivity index is 1.76. The van der Waals surface area contributed by atoms with E-state index >= 15 is 0 Å². The molecule has 2 N–H and O–H groups in total. The van der Waals surface area contributed by atoms with E-state index in [9.17, 15) is 19.8 Å². The Kier molecular flexibility index (Phi) is 2.62. The summed E-state index contributed by atoms with van der Waals surface area (Å²) in [7, 11) is 0. The largest absolute Gasteiger partial charge is 0.481 e. The molecule has 0 aromatic rings. The van der Waals surface area contributed by atoms with Crippen molar-refractivity contribution in [3.8, 4) is 0 Å². The van der Waals surface area contributed by atoms with E-state index in [1.807, 2.05) is 0 Å². The summed E-state index contributed by atoms with van der Waals surface area (Å²) >= 11 is 0. The Labute approximate surface area is 106 Å². The van der Waals surface area contributed by atoms with Crippen LogP contribution in [0.3, 0.4) is 0 Å². The first kappa shape index (κ1) is 12.0. The van der Waals surface area contributed by atoms with E-state index in [4.69, 9.17) is 0 Å². The van der Waals surface area contributed by atoms with Crippen LogP contribution >= 0.6 is 0 Å². The highest BCUT2D eigenvalue weighted by Gasteiger charge is 2.57. The van der Waals surface area contributed by atoms with Gasteiger partial charge in [-0.3, -0.25) is 9.59 Å². The third-order valence-electron chi connectivity index (χ3n) is 5.08. The molecule has 3 fully saturated rings. The maximum Gasteiger partial charge on any atom is 0.311 e. The Hall–Kier alpha value is -1.10. The third kappa shape index (κ3) is 1.49. The molecule has 0 unspecified atom stereocenters. The van der Waals surface area contributed by atoms with Gasteiger partial charge in [-0.05, 0) is 32.1 Å². The van der Waals surface area contributed by atoms with Gasteiger partial charge in [-0.1, -0.05) is 6.42 Å². The zero-order valence-corrected chi connectivity index (χ0v) is 10.3. The summed E-state index contributed by atoms with van der Waals surface area (Å²) in [5.41, 5.74) is -0.683. The number of carbonyl (C=O) groups excluding carboxylic acids is 1. The lowest BCUT2D eigenvalue weighted by Crippen LogP contribution is -2.48. The highest BCUT2D eigenvalue weighted by molar-refractivity contribution is 5.84. The maximum atomic E-state index is 12.3. The minimum atomic E-state index is -0.742. The Bertz CT molecular complexity index is 390. The van der Waals surface area contributed by atoms with Crippen molar-refractivity contribution in [2.75, 3.05) is 6.54 Å². The molecule has 1 amide bonds. The lowest BCUT2D eigenvalue weighted by atomic mass is 9.80. The van der Waals surface area contributed by atoms with E-state index in [2.05, 4.69) is 0 Å². The second kappa shape index (κ2) is 3.95. The van der Waals surface area contributed by atoms with Crippen LogP contribution in [0.15, 0.2) is 0 Å². The topological polar surface area (TPSA) is 77.8 Å². The molecule has 100 valence electrons. The zero-order valence-electron chi connectivity index (χ0n) is 10.3. The molecule has 1 saturated heterocycles. The van der Waals surface area contributed by atoms with Gasteiger partial charge in [0.25, 0.3) is 0 Å². The maximum absolute atomic E-state index is 12.3. The summed E-state index contributed by atoms with van der Waals surface area (Å²) in [6, 6.07) is -0.111. The molecule has 5 heteroatoms. The van der Waals surface area contributed by atoms with Crippen molar-refractivity contribution in [1.82, 2.24) is 4.90 Å². The van der Waals surface area contributed by atoms with Crippen molar-refractivity contribution in [3.05, 3.63) is 0 Å². The molecule has 2 atom stereocenters. The van der Waals surface area contributed by atoms with Crippen LogP contribution < -0.4 is 0 Å². The predicted octanol–water partition coefficient (Wildman–Crippen LogP) is 0.613. The standard InChI is InChI=1S/C13H19NO4/c15-9-6-8(7-9)11(16)14-5-4-13(12(17)18)3-1-2-10(13)14/h8-10,15H,1-7H2,(H,17,18)/t8?,9?,10-,13+/m0/s1. The van der Waals surface area contributed by atoms with E-state index in [0.717, 1.165) is 12.8 Å². The van der Waals surface area contributed by atoms with Gasteiger partial charge in [-0.2, -0.15) is 0 Å². The third-order valence-corrected chi connectivity index (χ3v) is 5.08. The van der Waals surface area contributed by atoms with Crippen molar-refractivity contribution in [1.29, 1.82) is 0 Å². The summed E-state index contributed by atoms with van der Waals surface area (Å²) in [4.78, 5) is 25.6. The average Bonchev–Trinajstić information content (AvgIpc) is 2.82. The molecule has 0 radical (unpaired) electrons. The number of fused-ring (bicyclic) bond motifs is 1. The summed E-state index contributed by atoms with van der Waals surface area (Å²) in [6.45, 7) is 0.572. The normalized spacial score (nSPS) is 42.5. The summed E-state index contributed by atoms with van der Waals surface area (Å²) in [5.74, 6) is -0.755. The number of amides is 1. The van der Waals surface area contributed by atoms with Crippen LogP contribution in [-0.2, 0) is 9.59 Å². The van der Waals surface area contributed by atoms with Gasteiger partial charge in [-0.25, -0.2) is 0 Å². The number of rotatable bonds is 2. The number of carbonyl (C=O) groups is 2. The minimum Gasteiger partial charge on any atom is -0.481 e. The number of hydrogen-bond acceptors (Lipinski definition) is 3. The van der Waals surface area contributed by atoms with Gasteiger partial charge in [0.05, 0.1) is 11.5 Å². The van der Waals surface area contributed by atoms with Gasteiger partial charge in [0.1, 0.15) is 0 Å². The van der Waals surface area contributed by atoms with Gasteiger partial charge < -0.3 is 15.1 Å². The molecular formula is C13H19NO4. The van der Waals surface area contributed by atoms with E-state index in [1.54, 1.807) is 4.90 Å². The van der Waals surface area contributed by atoms with E-state index in [-0.39, 0.29) is 24.0 Å². The van der Waals surface area contributed by atoms with E-state index in [0.29, 0.717) is 32.2 Å². The fourth-order valence-electron chi connectivity index (χ4n) is 3.92. The van der Waals surface area contributed by atoms with Crippen LogP contribution in [0.1, 0.15) is 38.5 Å². The van der Waals surface area contributed by atoms with E-state index < -0.39 is 11.4 Å². The zero-order chi connectivity index (χ0) is 12.9. The highest BCUT2D eigenvalue weighted by atomic mass is 16.4. The Morgan fingerprint density at radius 3 is 2.56 bits per heavy atom. The number of hydrogen-bond donors (Lipinski definition) is 2. The predicted molar refractivity (Wildman–Crippen MR) is 62.8 cm³/mol. The van der Waals surface area contributed by atoms with E-state index in [1.165, 1.54) is 0 Å². The number of nitrogens with zero attached hydrogens (tertiary/aromatic N) is 1. The second-order valence-corrected chi connectivity index (χ2v) is 5.97. The first-order valence-electron chi connectivity index (χ1n) is 6.76. The SMILES string of the molecule is O=C(C1CC(O)C1)N1CC[C@]2(C(=O)O)CCC[C@H]12. The molecule has 2 saturated carbocycles. The van der Waals surface area contributed by atoms with Crippen molar-refractivity contribution < 1.29 is 19.8 Å². The molecular weight excluding hydrogens is 234 g/mol. The lowest BCUT2D eigenvalue weighted by Gasteiger charge is -2.36. The lowest BCUT2D eigenvalue weighted by molar-refractivity contribution is -0.151. The first-order valence-corrected chi connectivity index (χ1v) is 6.76. The Morgan fingerprint density at radius 2 is 1.94 bits per heavy atom. The molecule has 3 rings (SSSR count). The smallest absolute Gasteiger partial charge is 0.311 e. The molecule has 18 heavy (non-hydrogen) atoms. The average molecular weight is 253 g/mol. The molecule has 0 aromatic heterocycles. The van der Waals surface area contributed by atoms with Crippen LogP contribution in [0, 0.1) is 11.3 Å². The van der Waals surface area contributed by atoms with Crippen molar-refractivity contribution >= 4 is 11.9 Å². The van der Waals surface area contributed by atoms with Gasteiger partial charge in [0, 0.05) is 18.5 Å².